The van der Waals surface area contributed by atoms with E-state index in [0.717, 1.165) is 4.47 Å². The minimum Gasteiger partial charge on any atom is -0.369 e. The topological polar surface area (TPSA) is 116 Å². The van der Waals surface area contributed by atoms with E-state index >= 15 is 0 Å². The lowest BCUT2D eigenvalue weighted by Gasteiger charge is -2.44. The standard InChI is InChI=1S/C19H16BrN3O3/c20-13-8-4-5-11(9-13)15-14(10-21)19(26,12-6-2-1-3-7-12)23-18(25)16(15)17(22)24/h1-9,14-16,26H,(H2,22,24)(H,23,25)/t14-,15-,16+,19+/m0/s1. The van der Waals surface area contributed by atoms with E-state index in [4.69, 9.17) is 5.73 Å². The van der Waals surface area contributed by atoms with Crippen molar-refractivity contribution < 1.29 is 14.7 Å². The summed E-state index contributed by atoms with van der Waals surface area (Å²) in [7, 11) is 0. The molecule has 0 bridgehead atoms. The van der Waals surface area contributed by atoms with E-state index in [1.807, 2.05) is 0 Å². The lowest BCUT2D eigenvalue weighted by atomic mass is 9.67. The van der Waals surface area contributed by atoms with E-state index in [1.54, 1.807) is 54.6 Å². The Kier molecular flexibility index (Phi) is 4.81. The number of benzene rings is 2. The average molecular weight is 414 g/mol. The number of aliphatic hydroxyl groups is 1. The summed E-state index contributed by atoms with van der Waals surface area (Å²) in [4.78, 5) is 24.7. The summed E-state index contributed by atoms with van der Waals surface area (Å²) in [6.07, 6.45) is 0. The first-order valence-corrected chi connectivity index (χ1v) is 8.72. The summed E-state index contributed by atoms with van der Waals surface area (Å²) in [5, 5.41) is 23.5. The fourth-order valence-corrected chi connectivity index (χ4v) is 3.90. The van der Waals surface area contributed by atoms with Gasteiger partial charge in [0.1, 0.15) is 11.8 Å². The Morgan fingerprint density at radius 2 is 1.92 bits per heavy atom. The monoisotopic (exact) mass is 413 g/mol. The van der Waals surface area contributed by atoms with Gasteiger partial charge in [0.15, 0.2) is 5.72 Å². The van der Waals surface area contributed by atoms with Crippen LogP contribution in [-0.4, -0.2) is 16.9 Å². The van der Waals surface area contributed by atoms with E-state index in [-0.39, 0.29) is 0 Å². The number of piperidine rings is 1. The summed E-state index contributed by atoms with van der Waals surface area (Å²) in [6, 6.07) is 17.4. The van der Waals surface area contributed by atoms with E-state index in [0.29, 0.717) is 11.1 Å². The van der Waals surface area contributed by atoms with Crippen molar-refractivity contribution in [2.75, 3.05) is 0 Å². The third kappa shape index (κ3) is 2.98. The second kappa shape index (κ2) is 6.90. The zero-order valence-corrected chi connectivity index (χ0v) is 15.2. The van der Waals surface area contributed by atoms with E-state index in [9.17, 15) is 20.0 Å². The van der Waals surface area contributed by atoms with Crippen molar-refractivity contribution in [3.63, 3.8) is 0 Å². The summed E-state index contributed by atoms with van der Waals surface area (Å²) >= 11 is 3.35. The molecule has 0 saturated carbocycles. The van der Waals surface area contributed by atoms with Crippen molar-refractivity contribution in [3.8, 4) is 6.07 Å². The highest BCUT2D eigenvalue weighted by atomic mass is 79.9. The number of nitrogens with two attached hydrogens (primary N) is 1. The van der Waals surface area contributed by atoms with Crippen LogP contribution in [0.2, 0.25) is 0 Å². The highest BCUT2D eigenvalue weighted by molar-refractivity contribution is 9.10. The highest BCUT2D eigenvalue weighted by Crippen LogP contribution is 2.45. The molecule has 4 atom stereocenters. The van der Waals surface area contributed by atoms with Crippen LogP contribution in [0.5, 0.6) is 0 Å². The number of nitrogens with zero attached hydrogens (tertiary/aromatic N) is 1. The first-order chi connectivity index (χ1) is 12.4. The zero-order chi connectivity index (χ0) is 18.9. The maximum absolute atomic E-state index is 12.7. The number of hydrogen-bond acceptors (Lipinski definition) is 4. The van der Waals surface area contributed by atoms with Crippen LogP contribution in [0.1, 0.15) is 17.0 Å². The van der Waals surface area contributed by atoms with Crippen LogP contribution in [0.25, 0.3) is 0 Å². The van der Waals surface area contributed by atoms with Crippen molar-refractivity contribution in [3.05, 3.63) is 70.2 Å². The molecular weight excluding hydrogens is 398 g/mol. The lowest BCUT2D eigenvalue weighted by Crippen LogP contribution is -2.62. The molecule has 0 aliphatic carbocycles. The van der Waals surface area contributed by atoms with Crippen LogP contribution in [0.15, 0.2) is 59.1 Å². The largest absolute Gasteiger partial charge is 0.369 e. The number of primary amides is 1. The number of hydrogen-bond donors (Lipinski definition) is 3. The Hall–Kier alpha value is -2.69. The molecule has 1 heterocycles. The molecule has 0 spiro atoms. The van der Waals surface area contributed by atoms with Gasteiger partial charge >= 0.3 is 0 Å². The Morgan fingerprint density at radius 1 is 1.23 bits per heavy atom. The van der Waals surface area contributed by atoms with Crippen LogP contribution >= 0.6 is 15.9 Å². The van der Waals surface area contributed by atoms with Crippen LogP contribution in [-0.2, 0) is 15.3 Å². The first kappa shape index (κ1) is 18.1. The van der Waals surface area contributed by atoms with Gasteiger partial charge in [-0.15, -0.1) is 0 Å². The van der Waals surface area contributed by atoms with E-state index < -0.39 is 35.3 Å². The molecule has 3 rings (SSSR count). The Bertz CT molecular complexity index is 896. The maximum Gasteiger partial charge on any atom is 0.235 e. The number of nitrogens with one attached hydrogen (secondary N) is 1. The second-order valence-electron chi connectivity index (χ2n) is 6.19. The fourth-order valence-electron chi connectivity index (χ4n) is 3.48. The molecule has 2 amide bonds. The molecule has 132 valence electrons. The van der Waals surface area contributed by atoms with Gasteiger partial charge in [-0.25, -0.2) is 0 Å². The molecule has 7 heteroatoms. The minimum atomic E-state index is -1.94. The van der Waals surface area contributed by atoms with Gasteiger partial charge in [-0.3, -0.25) is 9.59 Å². The summed E-state index contributed by atoms with van der Waals surface area (Å²) in [5.41, 5.74) is 4.46. The molecular formula is C19H16BrN3O3. The van der Waals surface area contributed by atoms with Crippen molar-refractivity contribution in [2.24, 2.45) is 17.6 Å². The molecule has 4 N–H and O–H groups in total. The van der Waals surface area contributed by atoms with E-state index in [1.165, 1.54) is 0 Å². The SMILES string of the molecule is N#C[C@H]1[C@H](c2cccc(Br)c2)[C@H](C(N)=O)C(=O)N[C@@]1(O)c1ccccc1. The number of rotatable bonds is 3. The van der Waals surface area contributed by atoms with Crippen molar-refractivity contribution >= 4 is 27.7 Å². The average Bonchev–Trinajstić information content (AvgIpc) is 2.61. The number of nitriles is 1. The maximum atomic E-state index is 12.7. The minimum absolute atomic E-state index is 0.364. The third-order valence-corrected chi connectivity index (χ3v) is 5.15. The van der Waals surface area contributed by atoms with Crippen LogP contribution in [0.3, 0.4) is 0 Å². The van der Waals surface area contributed by atoms with Gasteiger partial charge in [-0.2, -0.15) is 5.26 Å². The zero-order valence-electron chi connectivity index (χ0n) is 13.6. The fraction of sp³-hybridized carbons (Fsp3) is 0.211. The van der Waals surface area contributed by atoms with Crippen molar-refractivity contribution in [1.29, 1.82) is 5.26 Å². The van der Waals surface area contributed by atoms with Gasteiger partial charge in [0.2, 0.25) is 11.8 Å². The molecule has 26 heavy (non-hydrogen) atoms. The number of halogens is 1. The van der Waals surface area contributed by atoms with Crippen molar-refractivity contribution in [1.82, 2.24) is 5.32 Å². The highest BCUT2D eigenvalue weighted by Gasteiger charge is 2.55. The molecule has 2 aromatic carbocycles. The predicted octanol–water partition coefficient (Wildman–Crippen LogP) is 1.75. The molecule has 0 unspecified atom stereocenters. The quantitative estimate of drug-likeness (QED) is 0.664. The molecule has 1 saturated heterocycles. The summed E-state index contributed by atoms with van der Waals surface area (Å²) in [5.74, 6) is -4.83. The molecule has 1 aliphatic heterocycles. The van der Waals surface area contributed by atoms with Gasteiger partial charge in [-0.05, 0) is 17.7 Å². The lowest BCUT2D eigenvalue weighted by molar-refractivity contribution is -0.153. The Balaban J connectivity index is 2.20. The molecule has 2 aromatic rings. The molecule has 0 aromatic heterocycles. The van der Waals surface area contributed by atoms with E-state index in [2.05, 4.69) is 27.3 Å². The van der Waals surface area contributed by atoms with Gasteiger partial charge in [0.05, 0.1) is 6.07 Å². The van der Waals surface area contributed by atoms with Crippen LogP contribution in [0, 0.1) is 23.2 Å². The second-order valence-corrected chi connectivity index (χ2v) is 7.10. The number of carbonyl (C=O) groups is 2. The first-order valence-electron chi connectivity index (χ1n) is 7.93. The van der Waals surface area contributed by atoms with Crippen molar-refractivity contribution in [2.45, 2.75) is 11.6 Å². The molecule has 0 radical (unpaired) electrons. The predicted molar refractivity (Wildman–Crippen MR) is 97.2 cm³/mol. The summed E-state index contributed by atoms with van der Waals surface area (Å²) in [6.45, 7) is 0. The van der Waals surface area contributed by atoms with Gasteiger partial charge in [0.25, 0.3) is 0 Å². The number of carbonyl (C=O) groups excluding carboxylic acids is 2. The number of amides is 2. The van der Waals surface area contributed by atoms with Gasteiger partial charge < -0.3 is 16.2 Å². The smallest absolute Gasteiger partial charge is 0.235 e. The third-order valence-electron chi connectivity index (χ3n) is 4.66. The molecule has 1 aliphatic rings. The van der Waals surface area contributed by atoms with Crippen LogP contribution in [0.4, 0.5) is 0 Å². The molecule has 1 fully saturated rings. The Morgan fingerprint density at radius 3 is 2.50 bits per heavy atom. The van der Waals surface area contributed by atoms with Crippen LogP contribution < -0.4 is 11.1 Å². The summed E-state index contributed by atoms with van der Waals surface area (Å²) < 4.78 is 0.726. The normalized spacial score (nSPS) is 28.0. The Labute approximate surface area is 158 Å². The van der Waals surface area contributed by atoms with Gasteiger partial charge in [0, 0.05) is 16.0 Å². The molecule has 6 nitrogen and oxygen atoms in total. The van der Waals surface area contributed by atoms with Gasteiger partial charge in [-0.1, -0.05) is 58.4 Å².